The number of benzene rings is 2. The van der Waals surface area contributed by atoms with Crippen LogP contribution in [0.2, 0.25) is 0 Å². The smallest absolute Gasteiger partial charge is 0.248 e. The Morgan fingerprint density at radius 2 is 2.00 bits per heavy atom. The van der Waals surface area contributed by atoms with Crippen LogP contribution in [0.25, 0.3) is 6.08 Å². The third-order valence-corrected chi connectivity index (χ3v) is 7.51. The van der Waals surface area contributed by atoms with E-state index in [9.17, 15) is 9.18 Å². The Kier molecular flexibility index (Phi) is 7.27. The number of pyridine rings is 1. The summed E-state index contributed by atoms with van der Waals surface area (Å²) in [5, 5.41) is 2.88. The normalized spacial score (nSPS) is 14.5. The molecule has 1 saturated heterocycles. The van der Waals surface area contributed by atoms with Crippen LogP contribution in [0.3, 0.4) is 0 Å². The minimum absolute atomic E-state index is 0.102. The van der Waals surface area contributed by atoms with Crippen LogP contribution in [0, 0.1) is 5.82 Å². The quantitative estimate of drug-likeness (QED) is 0.431. The third-order valence-electron chi connectivity index (χ3n) is 4.50. The van der Waals surface area contributed by atoms with Crippen LogP contribution in [0.1, 0.15) is 22.1 Å². The lowest BCUT2D eigenvalue weighted by Gasteiger charge is -2.21. The first-order valence-corrected chi connectivity index (χ1v) is 12.0. The molecule has 7 heteroatoms. The van der Waals surface area contributed by atoms with Crippen LogP contribution >= 0.6 is 23.5 Å². The van der Waals surface area contributed by atoms with E-state index in [1.165, 1.54) is 47.9 Å². The van der Waals surface area contributed by atoms with Gasteiger partial charge in [-0.2, -0.15) is 0 Å². The maximum Gasteiger partial charge on any atom is 0.248 e. The Hall–Kier alpha value is -2.77. The molecule has 1 N–H and O–H groups in total. The van der Waals surface area contributed by atoms with Gasteiger partial charge in [0, 0.05) is 18.0 Å². The number of amides is 1. The number of carbonyl (C=O) groups excluding carboxylic acids is 1. The molecule has 0 aliphatic carbocycles. The van der Waals surface area contributed by atoms with E-state index >= 15 is 0 Å². The van der Waals surface area contributed by atoms with Crippen molar-refractivity contribution in [1.29, 1.82) is 0 Å². The maximum absolute atomic E-state index is 14.3. The molecule has 4 nitrogen and oxygen atoms in total. The fourth-order valence-electron chi connectivity index (χ4n) is 3.04. The molecular weight excluding hydrogens is 431 g/mol. The second kappa shape index (κ2) is 10.5. The van der Waals surface area contributed by atoms with E-state index in [1.54, 1.807) is 30.5 Å². The van der Waals surface area contributed by atoms with Gasteiger partial charge in [0.1, 0.15) is 5.75 Å². The van der Waals surface area contributed by atoms with Crippen molar-refractivity contribution in [2.24, 2.45) is 0 Å². The summed E-state index contributed by atoms with van der Waals surface area (Å²) in [7, 11) is 0. The van der Waals surface area contributed by atoms with E-state index < -0.39 is 5.82 Å². The Morgan fingerprint density at radius 1 is 1.13 bits per heavy atom. The van der Waals surface area contributed by atoms with Gasteiger partial charge in [0.15, 0.2) is 11.6 Å². The molecule has 1 aromatic heterocycles. The summed E-state index contributed by atoms with van der Waals surface area (Å²) >= 11 is 3.88. The second-order valence-corrected chi connectivity index (χ2v) is 9.58. The van der Waals surface area contributed by atoms with Crippen molar-refractivity contribution in [1.82, 2.24) is 4.98 Å². The predicted molar refractivity (Wildman–Crippen MR) is 127 cm³/mol. The number of nitrogens with one attached hydrogen (secondary N) is 1. The monoisotopic (exact) mass is 452 g/mol. The average Bonchev–Trinajstić information content (AvgIpc) is 2.81. The van der Waals surface area contributed by atoms with Crippen molar-refractivity contribution in [2.75, 3.05) is 16.8 Å². The zero-order valence-electron chi connectivity index (χ0n) is 16.7. The van der Waals surface area contributed by atoms with Crippen LogP contribution in [0.4, 0.5) is 10.1 Å². The van der Waals surface area contributed by atoms with Crippen molar-refractivity contribution >= 4 is 41.2 Å². The predicted octanol–water partition coefficient (Wildman–Crippen LogP) is 6.53. The molecule has 0 spiro atoms. The van der Waals surface area contributed by atoms with Gasteiger partial charge in [-0.15, -0.1) is 23.5 Å². The molecule has 0 atom stereocenters. The van der Waals surface area contributed by atoms with Gasteiger partial charge in [-0.25, -0.2) is 4.39 Å². The maximum atomic E-state index is 14.3. The first kappa shape index (κ1) is 21.5. The highest BCUT2D eigenvalue weighted by molar-refractivity contribution is 8.16. The standard InChI is InChI=1S/C24H21FN2O2S2/c25-21-14-17(7-9-22(21)29-20-6-2-11-26-16-20)8-10-23(28)27-19-5-1-4-18(15-19)24-30-12-3-13-31-24/h1-2,4-11,14-16,24H,3,12-13H2,(H,27,28)/b10-8+. The number of anilines is 1. The number of thioether (sulfide) groups is 2. The van der Waals surface area contributed by atoms with Crippen LogP contribution in [0.15, 0.2) is 73.1 Å². The SMILES string of the molecule is O=C(/C=C/c1ccc(Oc2cccnc2)c(F)c1)Nc1cccc(C2SCCCS2)c1. The highest BCUT2D eigenvalue weighted by Gasteiger charge is 2.16. The molecular formula is C24H21FN2O2S2. The molecule has 0 unspecified atom stereocenters. The molecule has 158 valence electrons. The summed E-state index contributed by atoms with van der Waals surface area (Å²) < 4.78 is 20.2. The molecule has 1 amide bonds. The molecule has 4 rings (SSSR count). The minimum Gasteiger partial charge on any atom is -0.453 e. The van der Waals surface area contributed by atoms with Crippen LogP contribution < -0.4 is 10.1 Å². The van der Waals surface area contributed by atoms with Crippen molar-refractivity contribution in [3.63, 3.8) is 0 Å². The molecule has 1 fully saturated rings. The van der Waals surface area contributed by atoms with Gasteiger partial charge in [-0.1, -0.05) is 18.2 Å². The Morgan fingerprint density at radius 3 is 2.77 bits per heavy atom. The molecule has 2 heterocycles. The minimum atomic E-state index is -0.512. The van der Waals surface area contributed by atoms with Gasteiger partial charge >= 0.3 is 0 Å². The van der Waals surface area contributed by atoms with Crippen molar-refractivity contribution in [3.05, 3.63) is 90.0 Å². The summed E-state index contributed by atoms with van der Waals surface area (Å²) in [6.45, 7) is 0. The Bertz CT molecular complexity index is 1070. The highest BCUT2D eigenvalue weighted by atomic mass is 32.2. The lowest BCUT2D eigenvalue weighted by molar-refractivity contribution is -0.111. The van der Waals surface area contributed by atoms with Gasteiger partial charge in [0.25, 0.3) is 0 Å². The van der Waals surface area contributed by atoms with Crippen molar-refractivity contribution in [2.45, 2.75) is 11.0 Å². The van der Waals surface area contributed by atoms with Crippen LogP contribution in [-0.2, 0) is 4.79 Å². The van der Waals surface area contributed by atoms with E-state index in [1.807, 2.05) is 41.7 Å². The summed E-state index contributed by atoms with van der Waals surface area (Å²) in [4.78, 5) is 16.3. The lowest BCUT2D eigenvalue weighted by Crippen LogP contribution is -2.08. The summed E-state index contributed by atoms with van der Waals surface area (Å²) in [6, 6.07) is 15.9. The molecule has 31 heavy (non-hydrogen) atoms. The van der Waals surface area contributed by atoms with Gasteiger partial charge in [-0.3, -0.25) is 9.78 Å². The summed E-state index contributed by atoms with van der Waals surface area (Å²) in [5.74, 6) is 2.11. The number of nitrogens with zero attached hydrogens (tertiary/aromatic N) is 1. The molecule has 1 aliphatic heterocycles. The number of rotatable bonds is 6. The van der Waals surface area contributed by atoms with Gasteiger partial charge in [0.05, 0.1) is 10.8 Å². The molecule has 0 bridgehead atoms. The highest BCUT2D eigenvalue weighted by Crippen LogP contribution is 2.44. The first-order chi connectivity index (χ1) is 15.2. The zero-order chi connectivity index (χ0) is 21.5. The van der Waals surface area contributed by atoms with E-state index in [-0.39, 0.29) is 11.7 Å². The Balaban J connectivity index is 1.37. The van der Waals surface area contributed by atoms with Crippen molar-refractivity contribution in [3.8, 4) is 11.5 Å². The fourth-order valence-corrected chi connectivity index (χ4v) is 5.91. The van der Waals surface area contributed by atoms with Crippen LogP contribution in [0.5, 0.6) is 11.5 Å². The Labute approximate surface area is 189 Å². The van der Waals surface area contributed by atoms with Crippen molar-refractivity contribution < 1.29 is 13.9 Å². The topological polar surface area (TPSA) is 51.2 Å². The van der Waals surface area contributed by atoms with Gasteiger partial charge in [-0.05, 0) is 71.5 Å². The summed E-state index contributed by atoms with van der Waals surface area (Å²) in [6.07, 6.45) is 7.34. The van der Waals surface area contributed by atoms with E-state index in [4.69, 9.17) is 4.74 Å². The molecule has 1 aliphatic rings. The molecule has 2 aromatic carbocycles. The van der Waals surface area contributed by atoms with E-state index in [0.29, 0.717) is 15.9 Å². The number of aromatic nitrogens is 1. The first-order valence-electron chi connectivity index (χ1n) is 9.87. The van der Waals surface area contributed by atoms with Gasteiger partial charge in [0.2, 0.25) is 5.91 Å². The lowest BCUT2D eigenvalue weighted by atomic mass is 10.2. The molecule has 0 saturated carbocycles. The second-order valence-electron chi connectivity index (χ2n) is 6.86. The molecule has 0 radical (unpaired) electrons. The largest absolute Gasteiger partial charge is 0.453 e. The third kappa shape index (κ3) is 6.12. The molecule has 3 aromatic rings. The number of ether oxygens (including phenoxy) is 1. The zero-order valence-corrected chi connectivity index (χ0v) is 18.3. The number of hydrogen-bond donors (Lipinski definition) is 1. The number of carbonyl (C=O) groups is 1. The van der Waals surface area contributed by atoms with Gasteiger partial charge < -0.3 is 10.1 Å². The van der Waals surface area contributed by atoms with Crippen LogP contribution in [-0.4, -0.2) is 22.4 Å². The van der Waals surface area contributed by atoms with E-state index in [2.05, 4.69) is 16.4 Å². The number of halogens is 1. The van der Waals surface area contributed by atoms with E-state index in [0.717, 1.165) is 5.69 Å². The summed E-state index contributed by atoms with van der Waals surface area (Å²) in [5.41, 5.74) is 2.53. The average molecular weight is 453 g/mol. The number of hydrogen-bond acceptors (Lipinski definition) is 5. The fraction of sp³-hybridized carbons (Fsp3) is 0.167.